The summed E-state index contributed by atoms with van der Waals surface area (Å²) in [6, 6.07) is 23.7. The summed E-state index contributed by atoms with van der Waals surface area (Å²) in [5, 5.41) is 19.5. The van der Waals surface area contributed by atoms with Gasteiger partial charge in [-0.15, -0.1) is 0 Å². The molecular formula is C29H35ClN2O2. The van der Waals surface area contributed by atoms with Crippen LogP contribution in [0.5, 0.6) is 0 Å². The number of aliphatic hydroxyl groups is 2. The van der Waals surface area contributed by atoms with Crippen molar-refractivity contribution in [2.75, 3.05) is 49.2 Å². The van der Waals surface area contributed by atoms with Gasteiger partial charge in [0.2, 0.25) is 0 Å². The molecule has 4 nitrogen and oxygen atoms in total. The molecular weight excluding hydrogens is 444 g/mol. The van der Waals surface area contributed by atoms with Gasteiger partial charge < -0.3 is 20.0 Å². The van der Waals surface area contributed by atoms with Crippen LogP contribution in [0, 0.1) is 0 Å². The van der Waals surface area contributed by atoms with E-state index in [1.54, 1.807) is 0 Å². The number of rotatable bonds is 10. The summed E-state index contributed by atoms with van der Waals surface area (Å²) < 4.78 is 0. The smallest absolute Gasteiger partial charge is 0.0606 e. The lowest BCUT2D eigenvalue weighted by atomic mass is 9.83. The van der Waals surface area contributed by atoms with Crippen molar-refractivity contribution in [3.05, 3.63) is 94.0 Å². The van der Waals surface area contributed by atoms with Gasteiger partial charge in [0.25, 0.3) is 0 Å². The van der Waals surface area contributed by atoms with E-state index >= 15 is 0 Å². The fourth-order valence-corrected chi connectivity index (χ4v) is 5.22. The summed E-state index contributed by atoms with van der Waals surface area (Å²) >= 11 is 6.21. The van der Waals surface area contributed by atoms with Crippen LogP contribution < -0.4 is 9.80 Å². The van der Waals surface area contributed by atoms with E-state index in [2.05, 4.69) is 66.4 Å². The molecule has 0 spiro atoms. The molecule has 2 N–H and O–H groups in total. The highest BCUT2D eigenvalue weighted by Gasteiger charge is 2.22. The predicted molar refractivity (Wildman–Crippen MR) is 142 cm³/mol. The van der Waals surface area contributed by atoms with E-state index in [1.165, 1.54) is 34.4 Å². The molecule has 1 aliphatic rings. The largest absolute Gasteiger partial charge is 0.395 e. The highest BCUT2D eigenvalue weighted by atomic mass is 35.5. The number of aliphatic hydroxyl groups excluding tert-OH is 2. The van der Waals surface area contributed by atoms with Gasteiger partial charge in [-0.2, -0.15) is 0 Å². The maximum atomic E-state index is 9.40. The molecule has 1 heterocycles. The Morgan fingerprint density at radius 1 is 0.882 bits per heavy atom. The molecule has 4 rings (SSSR count). The molecule has 180 valence electrons. The first-order valence-electron chi connectivity index (χ1n) is 12.3. The van der Waals surface area contributed by atoms with E-state index in [4.69, 9.17) is 11.6 Å². The molecule has 0 amide bonds. The van der Waals surface area contributed by atoms with Crippen LogP contribution in [0.25, 0.3) is 0 Å². The Hall–Kier alpha value is -2.53. The SMILES string of the molecule is CCCN1CCCc2cc(C(c3ccc(Cl)cc3)c3ccc(N(CCO)CCO)cc3)ccc21. The van der Waals surface area contributed by atoms with E-state index in [1.807, 2.05) is 17.0 Å². The molecule has 0 saturated heterocycles. The maximum absolute atomic E-state index is 9.40. The quantitative estimate of drug-likeness (QED) is 0.379. The first-order valence-corrected chi connectivity index (χ1v) is 12.7. The van der Waals surface area contributed by atoms with Gasteiger partial charge in [0.05, 0.1) is 13.2 Å². The summed E-state index contributed by atoms with van der Waals surface area (Å²) in [5.74, 6) is 0.0994. The van der Waals surface area contributed by atoms with Crippen LogP contribution in [0.3, 0.4) is 0 Å². The highest BCUT2D eigenvalue weighted by Crippen LogP contribution is 2.37. The van der Waals surface area contributed by atoms with E-state index in [9.17, 15) is 10.2 Å². The van der Waals surface area contributed by atoms with E-state index in [0.29, 0.717) is 13.1 Å². The molecule has 5 heteroatoms. The van der Waals surface area contributed by atoms with Gasteiger partial charge in [-0.3, -0.25) is 0 Å². The molecule has 1 unspecified atom stereocenters. The number of hydrogen-bond donors (Lipinski definition) is 2. The summed E-state index contributed by atoms with van der Waals surface area (Å²) in [4.78, 5) is 4.52. The zero-order valence-corrected chi connectivity index (χ0v) is 20.7. The Morgan fingerprint density at radius 3 is 2.12 bits per heavy atom. The Balaban J connectivity index is 1.72. The van der Waals surface area contributed by atoms with Crippen LogP contribution >= 0.6 is 11.6 Å². The third kappa shape index (κ3) is 5.57. The molecule has 0 saturated carbocycles. The summed E-state index contributed by atoms with van der Waals surface area (Å²) in [6.45, 7) is 5.59. The molecule has 3 aromatic carbocycles. The van der Waals surface area contributed by atoms with Crippen molar-refractivity contribution < 1.29 is 10.2 Å². The zero-order chi connectivity index (χ0) is 23.9. The van der Waals surface area contributed by atoms with Crippen molar-refractivity contribution in [2.24, 2.45) is 0 Å². The summed E-state index contributed by atoms with van der Waals surface area (Å²) in [5.41, 5.74) is 7.52. The van der Waals surface area contributed by atoms with Crippen molar-refractivity contribution in [2.45, 2.75) is 32.1 Å². The monoisotopic (exact) mass is 478 g/mol. The van der Waals surface area contributed by atoms with E-state index in [0.717, 1.165) is 36.6 Å². The fraction of sp³-hybridized carbons (Fsp3) is 0.379. The fourth-order valence-electron chi connectivity index (χ4n) is 5.10. The van der Waals surface area contributed by atoms with E-state index in [-0.39, 0.29) is 19.1 Å². The highest BCUT2D eigenvalue weighted by molar-refractivity contribution is 6.30. The van der Waals surface area contributed by atoms with Gasteiger partial charge in [0.1, 0.15) is 0 Å². The minimum Gasteiger partial charge on any atom is -0.395 e. The molecule has 0 radical (unpaired) electrons. The van der Waals surface area contributed by atoms with Gasteiger partial charge >= 0.3 is 0 Å². The second kappa shape index (κ2) is 11.7. The van der Waals surface area contributed by atoms with Crippen molar-refractivity contribution in [1.29, 1.82) is 0 Å². The topological polar surface area (TPSA) is 46.9 Å². The average molecular weight is 479 g/mol. The maximum Gasteiger partial charge on any atom is 0.0606 e. The first kappa shape index (κ1) is 24.6. The number of nitrogens with zero attached hydrogens (tertiary/aromatic N) is 2. The third-order valence-corrected chi connectivity index (χ3v) is 6.93. The molecule has 34 heavy (non-hydrogen) atoms. The van der Waals surface area contributed by atoms with Gasteiger partial charge in [0, 0.05) is 48.5 Å². The number of benzene rings is 3. The number of anilines is 2. The van der Waals surface area contributed by atoms with Gasteiger partial charge in [0.15, 0.2) is 0 Å². The molecule has 0 bridgehead atoms. The van der Waals surface area contributed by atoms with Crippen molar-refractivity contribution in [3.8, 4) is 0 Å². The van der Waals surface area contributed by atoms with Crippen LogP contribution in [0.1, 0.15) is 47.9 Å². The molecule has 0 fully saturated rings. The molecule has 1 aliphatic heterocycles. The third-order valence-electron chi connectivity index (χ3n) is 6.68. The number of halogens is 1. The van der Waals surface area contributed by atoms with Crippen LogP contribution in [-0.2, 0) is 6.42 Å². The molecule has 1 atom stereocenters. The second-order valence-electron chi connectivity index (χ2n) is 8.99. The lowest BCUT2D eigenvalue weighted by molar-refractivity contribution is 0.281. The molecule has 0 aromatic heterocycles. The molecule has 0 aliphatic carbocycles. The number of fused-ring (bicyclic) bond motifs is 1. The van der Waals surface area contributed by atoms with Crippen LogP contribution in [-0.4, -0.2) is 49.6 Å². The lowest BCUT2D eigenvalue weighted by Crippen LogP contribution is -2.30. The van der Waals surface area contributed by atoms with Crippen molar-refractivity contribution >= 4 is 23.0 Å². The lowest BCUT2D eigenvalue weighted by Gasteiger charge is -2.32. The number of aryl methyl sites for hydroxylation is 1. The summed E-state index contributed by atoms with van der Waals surface area (Å²) in [7, 11) is 0. The van der Waals surface area contributed by atoms with Crippen LogP contribution in [0.4, 0.5) is 11.4 Å². The minimum absolute atomic E-state index is 0.0549. The number of hydrogen-bond acceptors (Lipinski definition) is 4. The average Bonchev–Trinajstić information content (AvgIpc) is 2.86. The zero-order valence-electron chi connectivity index (χ0n) is 20.0. The molecule has 3 aromatic rings. The van der Waals surface area contributed by atoms with Crippen LogP contribution in [0.15, 0.2) is 66.7 Å². The first-order chi connectivity index (χ1) is 16.6. The van der Waals surface area contributed by atoms with Gasteiger partial charge in [-0.05, 0) is 71.8 Å². The normalized spacial score (nSPS) is 14.1. The van der Waals surface area contributed by atoms with E-state index < -0.39 is 0 Å². The summed E-state index contributed by atoms with van der Waals surface area (Å²) in [6.07, 6.45) is 3.47. The van der Waals surface area contributed by atoms with Gasteiger partial charge in [-0.25, -0.2) is 0 Å². The van der Waals surface area contributed by atoms with Crippen LogP contribution in [0.2, 0.25) is 5.02 Å². The Kier molecular flexibility index (Phi) is 8.49. The van der Waals surface area contributed by atoms with Gasteiger partial charge in [-0.1, -0.05) is 54.9 Å². The Morgan fingerprint density at radius 2 is 1.50 bits per heavy atom. The van der Waals surface area contributed by atoms with Crippen molar-refractivity contribution in [3.63, 3.8) is 0 Å². The Bertz CT molecular complexity index is 1050. The minimum atomic E-state index is 0.0549. The predicted octanol–water partition coefficient (Wildman–Crippen LogP) is 5.47. The Labute approximate surface area is 208 Å². The standard InChI is InChI=1S/C29H35ClN2O2/c1-2-15-32-16-3-4-24-21-25(9-14-28(24)32)29(22-5-10-26(30)11-6-22)23-7-12-27(13-8-23)31(17-19-33)18-20-34/h5-14,21,29,33-34H,2-4,15-20H2,1H3. The van der Waals surface area contributed by atoms with Crippen molar-refractivity contribution in [1.82, 2.24) is 0 Å². The second-order valence-corrected chi connectivity index (χ2v) is 9.43.